The van der Waals surface area contributed by atoms with Gasteiger partial charge in [-0.2, -0.15) is 0 Å². The lowest BCUT2D eigenvalue weighted by Gasteiger charge is -2.48. The molecule has 17 atom stereocenters. The van der Waals surface area contributed by atoms with Gasteiger partial charge in [-0.25, -0.2) is 0 Å². The van der Waals surface area contributed by atoms with Crippen molar-refractivity contribution in [2.75, 3.05) is 26.4 Å². The Morgan fingerprint density at radius 1 is 0.357 bits per heavy atom. The van der Waals surface area contributed by atoms with E-state index < -0.39 is 124 Å². The van der Waals surface area contributed by atoms with Crippen LogP contribution in [-0.4, -0.2) is 193 Å². The van der Waals surface area contributed by atoms with Gasteiger partial charge in [-0.3, -0.25) is 4.79 Å². The number of aliphatic hydroxyl groups is 11. The minimum absolute atomic E-state index is 0.238. The molecule has 98 heavy (non-hydrogen) atoms. The largest absolute Gasteiger partial charge is 0.394 e. The van der Waals surface area contributed by atoms with Crippen LogP contribution in [0.1, 0.15) is 354 Å². The summed E-state index contributed by atoms with van der Waals surface area (Å²) in [5, 5.41) is 121. The molecule has 0 spiro atoms. The van der Waals surface area contributed by atoms with Crippen LogP contribution >= 0.6 is 0 Å². The highest BCUT2D eigenvalue weighted by Gasteiger charge is 2.54. The van der Waals surface area contributed by atoms with Gasteiger partial charge in [0.25, 0.3) is 0 Å². The van der Waals surface area contributed by atoms with Crippen LogP contribution in [0.2, 0.25) is 0 Å². The summed E-state index contributed by atoms with van der Waals surface area (Å²) in [7, 11) is 0. The maximum Gasteiger partial charge on any atom is 0.220 e. The van der Waals surface area contributed by atoms with E-state index >= 15 is 0 Å². The van der Waals surface area contributed by atoms with Gasteiger partial charge >= 0.3 is 0 Å². The number of ether oxygens (including phenoxy) is 6. The number of hydrogen-bond acceptors (Lipinski definition) is 18. The van der Waals surface area contributed by atoms with Crippen molar-refractivity contribution in [1.82, 2.24) is 5.32 Å². The van der Waals surface area contributed by atoms with Gasteiger partial charge in [-0.1, -0.05) is 321 Å². The fourth-order valence-electron chi connectivity index (χ4n) is 14.3. The second-order valence-corrected chi connectivity index (χ2v) is 29.6. The van der Waals surface area contributed by atoms with Crippen molar-refractivity contribution < 1.29 is 89.4 Å². The van der Waals surface area contributed by atoms with E-state index in [9.17, 15) is 61.0 Å². The van der Waals surface area contributed by atoms with Crippen molar-refractivity contribution in [3.8, 4) is 0 Å². The molecule has 0 saturated carbocycles. The predicted molar refractivity (Wildman–Crippen MR) is 388 cm³/mol. The Balaban J connectivity index is 1.35. The molecule has 3 heterocycles. The van der Waals surface area contributed by atoms with Crippen LogP contribution in [-0.2, 0) is 33.2 Å². The van der Waals surface area contributed by atoms with Gasteiger partial charge in [0, 0.05) is 6.42 Å². The first-order valence-electron chi connectivity index (χ1n) is 40.9. The molecule has 0 aromatic heterocycles. The van der Waals surface area contributed by atoms with Gasteiger partial charge in [0.2, 0.25) is 5.91 Å². The number of amides is 1. The molecule has 0 aliphatic carbocycles. The number of hydrogen-bond donors (Lipinski definition) is 12. The van der Waals surface area contributed by atoms with E-state index in [2.05, 4.69) is 31.3 Å². The van der Waals surface area contributed by atoms with Crippen LogP contribution in [0.25, 0.3) is 0 Å². The van der Waals surface area contributed by atoms with Gasteiger partial charge in [0.05, 0.1) is 38.6 Å². The first-order valence-corrected chi connectivity index (χ1v) is 40.9. The molecule has 3 fully saturated rings. The zero-order valence-corrected chi connectivity index (χ0v) is 62.1. The van der Waals surface area contributed by atoms with Gasteiger partial charge in [-0.15, -0.1) is 0 Å². The highest BCUT2D eigenvalue weighted by atomic mass is 16.8. The van der Waals surface area contributed by atoms with Crippen molar-refractivity contribution >= 4 is 5.91 Å². The Morgan fingerprint density at radius 2 is 0.643 bits per heavy atom. The molecule has 1 amide bonds. The van der Waals surface area contributed by atoms with Crippen molar-refractivity contribution in [2.45, 2.75) is 458 Å². The van der Waals surface area contributed by atoms with Crippen LogP contribution in [0.3, 0.4) is 0 Å². The highest BCUT2D eigenvalue weighted by Crippen LogP contribution is 2.33. The van der Waals surface area contributed by atoms with Gasteiger partial charge in [0.1, 0.15) is 73.2 Å². The van der Waals surface area contributed by atoms with Crippen molar-refractivity contribution in [2.24, 2.45) is 0 Å². The SMILES string of the molecule is CCCCCCCCCC/C=C\CCCCCCCCCCCC(=O)NC(COC1OC(CO)C(OC2OC(CO)C(OC3OC(CO)C(O)C(O)C3O)C(O)C2O)C(O)C1O)C(O)CCCCCCCCCCCCCCCCCCCCCCCCCCCCCCCCCC. The van der Waals surface area contributed by atoms with E-state index in [-0.39, 0.29) is 18.9 Å². The molecule has 0 aromatic carbocycles. The molecular weight excluding hydrogens is 1250 g/mol. The van der Waals surface area contributed by atoms with E-state index in [0.717, 1.165) is 51.4 Å². The standard InChI is InChI=1S/C79H151NO18/c1-3-5-7-9-11-13-15-17-19-21-23-25-26-27-28-29-30-31-32-33-34-35-37-38-40-42-44-46-48-50-52-54-56-63(84)62(80-67(85)57-55-53-51-49-47-45-43-41-39-36-24-22-20-18-16-14-12-10-8-6-4-2)61-93-77-73(91)70(88)75(65(59-82)95-77)98-79-74(92)71(89)76(66(60-83)96-79)97-78-72(90)69(87)68(86)64(58-81)94-78/h22,24,62-66,68-79,81-84,86-92H,3-21,23,25-61H2,1-2H3,(H,80,85)/b24-22-. The number of allylic oxidation sites excluding steroid dienone is 2. The Bertz CT molecular complexity index is 1820. The Labute approximate surface area is 595 Å². The van der Waals surface area contributed by atoms with Crippen LogP contribution in [0.5, 0.6) is 0 Å². The number of nitrogens with one attached hydrogen (secondary N) is 1. The third-order valence-corrected chi connectivity index (χ3v) is 20.8. The van der Waals surface area contributed by atoms with Crippen molar-refractivity contribution in [3.05, 3.63) is 12.2 Å². The highest BCUT2D eigenvalue weighted by molar-refractivity contribution is 5.76. The van der Waals surface area contributed by atoms with Crippen LogP contribution in [0, 0.1) is 0 Å². The normalized spacial score (nSPS) is 26.7. The fraction of sp³-hybridized carbons (Fsp3) is 0.962. The average Bonchev–Trinajstić information content (AvgIpc) is 0.784. The topological polar surface area (TPSA) is 307 Å². The van der Waals surface area contributed by atoms with E-state index in [1.54, 1.807) is 0 Å². The fourth-order valence-corrected chi connectivity index (χ4v) is 14.3. The molecule has 3 saturated heterocycles. The molecule has 3 aliphatic heterocycles. The molecule has 3 rings (SSSR count). The van der Waals surface area contributed by atoms with Gasteiger partial charge < -0.3 is 89.9 Å². The zero-order valence-electron chi connectivity index (χ0n) is 62.1. The number of aliphatic hydroxyl groups excluding tert-OH is 11. The monoisotopic (exact) mass is 1400 g/mol. The molecule has 0 aromatic rings. The third-order valence-electron chi connectivity index (χ3n) is 20.8. The summed E-state index contributed by atoms with van der Waals surface area (Å²) in [5.74, 6) is -0.238. The van der Waals surface area contributed by atoms with Crippen LogP contribution < -0.4 is 5.32 Å². The minimum atomic E-state index is -1.97. The second-order valence-electron chi connectivity index (χ2n) is 29.6. The summed E-state index contributed by atoms with van der Waals surface area (Å²) < 4.78 is 34.5. The van der Waals surface area contributed by atoms with E-state index in [1.165, 1.54) is 270 Å². The number of carbonyl (C=O) groups excluding carboxylic acids is 1. The van der Waals surface area contributed by atoms with E-state index in [4.69, 9.17) is 28.4 Å². The average molecular weight is 1400 g/mol. The molecule has 0 bridgehead atoms. The summed E-state index contributed by atoms with van der Waals surface area (Å²) in [6, 6.07) is -0.887. The minimum Gasteiger partial charge on any atom is -0.394 e. The number of unbranched alkanes of at least 4 members (excludes halogenated alkanes) is 48. The first kappa shape index (κ1) is 90.7. The van der Waals surface area contributed by atoms with Crippen molar-refractivity contribution in [1.29, 1.82) is 0 Å². The molecule has 19 heteroatoms. The lowest BCUT2D eigenvalue weighted by Crippen LogP contribution is -2.66. The summed E-state index contributed by atoms with van der Waals surface area (Å²) in [6.07, 6.45) is 44.5. The van der Waals surface area contributed by atoms with E-state index in [0.29, 0.717) is 12.8 Å². The van der Waals surface area contributed by atoms with Crippen molar-refractivity contribution in [3.63, 3.8) is 0 Å². The second kappa shape index (κ2) is 60.8. The molecule has 17 unspecified atom stereocenters. The van der Waals surface area contributed by atoms with Crippen LogP contribution in [0.15, 0.2) is 12.2 Å². The Kier molecular flexibility index (Phi) is 56.3. The summed E-state index contributed by atoms with van der Waals surface area (Å²) in [6.45, 7) is 1.86. The summed E-state index contributed by atoms with van der Waals surface area (Å²) in [5.41, 5.74) is 0. The molecule has 0 radical (unpaired) electrons. The lowest BCUT2D eigenvalue weighted by atomic mass is 9.96. The Morgan fingerprint density at radius 3 is 0.990 bits per heavy atom. The third kappa shape index (κ3) is 40.7. The maximum atomic E-state index is 13.5. The maximum absolute atomic E-state index is 13.5. The lowest BCUT2D eigenvalue weighted by molar-refractivity contribution is -0.379. The molecule has 19 nitrogen and oxygen atoms in total. The van der Waals surface area contributed by atoms with Crippen LogP contribution in [0.4, 0.5) is 0 Å². The first-order chi connectivity index (χ1) is 47.8. The smallest absolute Gasteiger partial charge is 0.220 e. The Hall–Kier alpha value is -1.47. The molecule has 3 aliphatic rings. The number of carbonyl (C=O) groups is 1. The summed E-state index contributed by atoms with van der Waals surface area (Å²) >= 11 is 0. The van der Waals surface area contributed by atoms with Gasteiger partial charge in [-0.05, 0) is 38.5 Å². The molecule has 12 N–H and O–H groups in total. The number of rotatable bonds is 66. The van der Waals surface area contributed by atoms with E-state index in [1.807, 2.05) is 0 Å². The predicted octanol–water partition coefficient (Wildman–Crippen LogP) is 13.6. The summed E-state index contributed by atoms with van der Waals surface area (Å²) in [4.78, 5) is 13.5. The van der Waals surface area contributed by atoms with Gasteiger partial charge in [0.15, 0.2) is 18.9 Å². The molecule has 580 valence electrons. The quantitative estimate of drug-likeness (QED) is 0.0199. The zero-order chi connectivity index (χ0) is 71.1. The molecular formula is C79H151NO18.